The van der Waals surface area contributed by atoms with Crippen LogP contribution in [0.25, 0.3) is 15.9 Å². The van der Waals surface area contributed by atoms with Crippen LogP contribution in [-0.2, 0) is 0 Å². The zero-order valence-corrected chi connectivity index (χ0v) is 17.5. The van der Waals surface area contributed by atoms with E-state index in [4.69, 9.17) is 9.47 Å². The maximum absolute atomic E-state index is 12.8. The zero-order chi connectivity index (χ0) is 20.5. The van der Waals surface area contributed by atoms with Crippen LogP contribution in [0.3, 0.4) is 0 Å². The molecule has 0 bridgehead atoms. The molecule has 0 aliphatic rings. The van der Waals surface area contributed by atoms with E-state index in [1.807, 2.05) is 29.8 Å². The van der Waals surface area contributed by atoms with Gasteiger partial charge >= 0.3 is 0 Å². The Labute approximate surface area is 172 Å². The predicted molar refractivity (Wildman–Crippen MR) is 116 cm³/mol. The number of carbonyl (C=O) groups is 1. The molecule has 4 rings (SSSR count). The smallest absolute Gasteiger partial charge is 0.265 e. The van der Waals surface area contributed by atoms with E-state index in [0.29, 0.717) is 22.1 Å². The molecule has 0 unspecified atom stereocenters. The van der Waals surface area contributed by atoms with Gasteiger partial charge in [0.2, 0.25) is 0 Å². The summed E-state index contributed by atoms with van der Waals surface area (Å²) >= 11 is 1.42. The van der Waals surface area contributed by atoms with E-state index >= 15 is 0 Å². The molecule has 29 heavy (non-hydrogen) atoms. The molecule has 0 aliphatic heterocycles. The average molecular weight is 407 g/mol. The highest BCUT2D eigenvalue weighted by molar-refractivity contribution is 7.20. The summed E-state index contributed by atoms with van der Waals surface area (Å²) in [6.45, 7) is 4.01. The molecule has 2 aromatic heterocycles. The van der Waals surface area contributed by atoms with E-state index in [1.54, 1.807) is 32.4 Å². The number of ether oxygens (including phenoxy) is 2. The molecular weight excluding hydrogens is 386 g/mol. The first kappa shape index (κ1) is 19.0. The molecule has 4 aromatic rings. The van der Waals surface area contributed by atoms with Gasteiger partial charge in [0.25, 0.3) is 5.91 Å². The highest BCUT2D eigenvalue weighted by Gasteiger charge is 2.18. The number of fused-ring (bicyclic) bond motifs is 1. The monoisotopic (exact) mass is 407 g/mol. The van der Waals surface area contributed by atoms with Crippen LogP contribution >= 0.6 is 11.3 Å². The van der Waals surface area contributed by atoms with Crippen molar-refractivity contribution in [2.24, 2.45) is 0 Å². The highest BCUT2D eigenvalue weighted by Crippen LogP contribution is 2.33. The van der Waals surface area contributed by atoms with Crippen LogP contribution in [0.2, 0.25) is 0 Å². The van der Waals surface area contributed by atoms with E-state index in [0.717, 1.165) is 21.6 Å². The first-order valence-electron chi connectivity index (χ1n) is 9.09. The van der Waals surface area contributed by atoms with Gasteiger partial charge in [0.05, 0.1) is 30.5 Å². The summed E-state index contributed by atoms with van der Waals surface area (Å²) in [5.41, 5.74) is 3.70. The number of benzene rings is 2. The minimum absolute atomic E-state index is 0.173. The fourth-order valence-corrected chi connectivity index (χ4v) is 4.20. The van der Waals surface area contributed by atoms with Gasteiger partial charge in [-0.2, -0.15) is 5.10 Å². The van der Waals surface area contributed by atoms with Crippen LogP contribution in [0, 0.1) is 13.8 Å². The third-order valence-electron chi connectivity index (χ3n) is 4.69. The van der Waals surface area contributed by atoms with Crippen molar-refractivity contribution < 1.29 is 14.3 Å². The lowest BCUT2D eigenvalue weighted by Gasteiger charge is -2.10. The number of methoxy groups -OCH3 is 2. The van der Waals surface area contributed by atoms with Crippen molar-refractivity contribution in [3.8, 4) is 17.2 Å². The first-order chi connectivity index (χ1) is 14.0. The Morgan fingerprint density at radius 3 is 2.41 bits per heavy atom. The van der Waals surface area contributed by atoms with Crippen LogP contribution in [0.5, 0.6) is 11.5 Å². The van der Waals surface area contributed by atoms with Crippen molar-refractivity contribution in [3.63, 3.8) is 0 Å². The maximum Gasteiger partial charge on any atom is 0.265 e. The van der Waals surface area contributed by atoms with E-state index in [2.05, 4.69) is 29.5 Å². The minimum Gasteiger partial charge on any atom is -0.493 e. The fraction of sp³-hybridized carbons (Fsp3) is 0.182. The highest BCUT2D eigenvalue weighted by atomic mass is 32.1. The number of nitrogens with zero attached hydrogens (tertiary/aromatic N) is 2. The summed E-state index contributed by atoms with van der Waals surface area (Å²) in [4.78, 5) is 14.4. The average Bonchev–Trinajstić information content (AvgIpc) is 3.29. The van der Waals surface area contributed by atoms with Crippen LogP contribution in [-0.4, -0.2) is 29.9 Å². The number of amides is 1. The molecule has 0 radical (unpaired) electrons. The van der Waals surface area contributed by atoms with Crippen molar-refractivity contribution in [3.05, 3.63) is 64.7 Å². The second-order valence-electron chi connectivity index (χ2n) is 6.69. The Morgan fingerprint density at radius 2 is 1.72 bits per heavy atom. The molecule has 1 N–H and O–H groups in total. The van der Waals surface area contributed by atoms with Crippen molar-refractivity contribution in [1.29, 1.82) is 0 Å². The number of anilines is 1. The van der Waals surface area contributed by atoms with Crippen LogP contribution < -0.4 is 14.8 Å². The largest absolute Gasteiger partial charge is 0.493 e. The molecule has 2 heterocycles. The topological polar surface area (TPSA) is 65.4 Å². The number of thiophene rings is 1. The lowest BCUT2D eigenvalue weighted by Crippen LogP contribution is -2.10. The molecule has 6 nitrogen and oxygen atoms in total. The van der Waals surface area contributed by atoms with Gasteiger partial charge in [0.1, 0.15) is 4.83 Å². The second-order valence-corrected chi connectivity index (χ2v) is 7.72. The van der Waals surface area contributed by atoms with Gasteiger partial charge in [-0.15, -0.1) is 11.3 Å². The molecule has 0 atom stereocenters. The van der Waals surface area contributed by atoms with Gasteiger partial charge in [0, 0.05) is 17.1 Å². The Hall–Kier alpha value is -3.32. The molecule has 1 amide bonds. The molecular formula is C22H21N3O3S. The number of hydrogen-bond donors (Lipinski definition) is 1. The molecule has 0 fully saturated rings. The Morgan fingerprint density at radius 1 is 1.00 bits per heavy atom. The van der Waals surface area contributed by atoms with E-state index in [9.17, 15) is 4.79 Å². The number of aromatic nitrogens is 2. The van der Waals surface area contributed by atoms with Crippen molar-refractivity contribution in [1.82, 2.24) is 9.78 Å². The summed E-state index contributed by atoms with van der Waals surface area (Å²) in [6.07, 6.45) is 0. The van der Waals surface area contributed by atoms with Crippen LogP contribution in [0.1, 0.15) is 20.9 Å². The molecule has 7 heteroatoms. The van der Waals surface area contributed by atoms with Gasteiger partial charge in [-0.25, -0.2) is 4.68 Å². The quantitative estimate of drug-likeness (QED) is 0.507. The van der Waals surface area contributed by atoms with E-state index in [1.165, 1.54) is 16.9 Å². The molecule has 0 spiro atoms. The van der Waals surface area contributed by atoms with Gasteiger partial charge in [-0.3, -0.25) is 4.79 Å². The Kier molecular flexibility index (Phi) is 4.98. The maximum atomic E-state index is 12.8. The SMILES string of the molecule is COc1ccc(NC(=O)c2cc3c(C)nn(-c4ccc(C)cc4)c3s2)cc1OC. The summed E-state index contributed by atoms with van der Waals surface area (Å²) in [5.74, 6) is 1.00. The van der Waals surface area contributed by atoms with E-state index < -0.39 is 0 Å². The van der Waals surface area contributed by atoms with Gasteiger partial charge < -0.3 is 14.8 Å². The lowest BCUT2D eigenvalue weighted by atomic mass is 10.2. The molecule has 0 aliphatic carbocycles. The van der Waals surface area contributed by atoms with Gasteiger partial charge in [-0.1, -0.05) is 17.7 Å². The Balaban J connectivity index is 1.65. The van der Waals surface area contributed by atoms with E-state index in [-0.39, 0.29) is 5.91 Å². The molecule has 0 saturated carbocycles. The summed E-state index contributed by atoms with van der Waals surface area (Å²) in [6, 6.07) is 15.3. The first-order valence-corrected chi connectivity index (χ1v) is 9.91. The van der Waals surface area contributed by atoms with Crippen LogP contribution in [0.15, 0.2) is 48.5 Å². The standard InChI is InChI=1S/C22H21N3O3S/c1-13-5-8-16(9-6-13)25-22-17(14(2)24-25)12-20(29-22)21(26)23-15-7-10-18(27-3)19(11-15)28-4/h5-12H,1-4H3,(H,23,26). The third-order valence-corrected chi connectivity index (χ3v) is 5.80. The number of rotatable bonds is 5. The molecule has 0 saturated heterocycles. The number of hydrogen-bond acceptors (Lipinski definition) is 5. The lowest BCUT2D eigenvalue weighted by molar-refractivity contribution is 0.103. The third kappa shape index (κ3) is 3.56. The van der Waals surface area contributed by atoms with Gasteiger partial charge in [0.15, 0.2) is 11.5 Å². The fourth-order valence-electron chi connectivity index (χ4n) is 3.13. The molecule has 2 aromatic carbocycles. The second kappa shape index (κ2) is 7.60. The number of aryl methyl sites for hydroxylation is 2. The van der Waals surface area contributed by atoms with Crippen molar-refractivity contribution in [2.75, 3.05) is 19.5 Å². The zero-order valence-electron chi connectivity index (χ0n) is 16.6. The normalized spacial score (nSPS) is 10.9. The predicted octanol–water partition coefficient (Wildman–Crippen LogP) is 4.97. The number of nitrogens with one attached hydrogen (secondary N) is 1. The summed E-state index contributed by atoms with van der Waals surface area (Å²) < 4.78 is 12.4. The van der Waals surface area contributed by atoms with Crippen LogP contribution in [0.4, 0.5) is 5.69 Å². The van der Waals surface area contributed by atoms with Crippen molar-refractivity contribution in [2.45, 2.75) is 13.8 Å². The Bertz CT molecular complexity index is 1190. The molecule has 148 valence electrons. The minimum atomic E-state index is -0.173. The summed E-state index contributed by atoms with van der Waals surface area (Å²) in [5, 5.41) is 8.55. The number of carbonyl (C=O) groups excluding carboxylic acids is 1. The summed E-state index contributed by atoms with van der Waals surface area (Å²) in [7, 11) is 3.14. The van der Waals surface area contributed by atoms with Gasteiger partial charge in [-0.05, 0) is 44.2 Å². The van der Waals surface area contributed by atoms with Crippen molar-refractivity contribution >= 4 is 33.1 Å².